The van der Waals surface area contributed by atoms with Gasteiger partial charge in [-0.3, -0.25) is 20.3 Å². The second kappa shape index (κ2) is 10.3. The second-order valence-corrected chi connectivity index (χ2v) is 8.99. The van der Waals surface area contributed by atoms with Gasteiger partial charge in [-0.05, 0) is 36.5 Å². The lowest BCUT2D eigenvalue weighted by atomic mass is 9.85. The van der Waals surface area contributed by atoms with Crippen molar-refractivity contribution in [3.05, 3.63) is 34.9 Å². The minimum Gasteiger partial charge on any atom is -0.617 e. The topological polar surface area (TPSA) is 148 Å². The highest BCUT2D eigenvalue weighted by molar-refractivity contribution is 7.90. The van der Waals surface area contributed by atoms with E-state index < -0.39 is 46.7 Å². The Balaban J connectivity index is 2.13. The Morgan fingerprint density at radius 1 is 1.35 bits per heavy atom. The fourth-order valence-electron chi connectivity index (χ4n) is 3.56. The molecule has 12 heteroatoms. The average molecular weight is 462 g/mol. The summed E-state index contributed by atoms with van der Waals surface area (Å²) in [6, 6.07) is 2.50. The SMILES string of the molecule is C[S+]([O-])CCC(N)C(=O)N1CCC(c2ccc(C(=O)NC(=N)N)cc2C(F)(F)F)CC1. The van der Waals surface area contributed by atoms with Crippen molar-refractivity contribution in [2.24, 2.45) is 11.5 Å². The fraction of sp³-hybridized carbons (Fsp3) is 0.526. The van der Waals surface area contributed by atoms with Crippen molar-refractivity contribution in [2.75, 3.05) is 25.1 Å². The van der Waals surface area contributed by atoms with E-state index in [1.165, 1.54) is 23.3 Å². The van der Waals surface area contributed by atoms with Gasteiger partial charge < -0.3 is 20.9 Å². The van der Waals surface area contributed by atoms with Gasteiger partial charge in [-0.1, -0.05) is 17.2 Å². The predicted octanol–water partition coefficient (Wildman–Crippen LogP) is 1.13. The summed E-state index contributed by atoms with van der Waals surface area (Å²) in [4.78, 5) is 25.9. The maximum Gasteiger partial charge on any atom is 0.416 e. The van der Waals surface area contributed by atoms with E-state index >= 15 is 0 Å². The molecule has 2 amide bonds. The first-order valence-corrected chi connectivity index (χ1v) is 11.3. The summed E-state index contributed by atoms with van der Waals surface area (Å²) in [5.41, 5.74) is 9.82. The normalized spacial score (nSPS) is 17.2. The first-order valence-electron chi connectivity index (χ1n) is 9.61. The van der Waals surface area contributed by atoms with Crippen LogP contribution in [0.1, 0.15) is 46.7 Å². The van der Waals surface area contributed by atoms with Crippen LogP contribution in [0, 0.1) is 5.41 Å². The monoisotopic (exact) mass is 461 g/mol. The lowest BCUT2D eigenvalue weighted by molar-refractivity contribution is -0.139. The van der Waals surface area contributed by atoms with Gasteiger partial charge in [-0.2, -0.15) is 13.2 Å². The molecule has 1 saturated heterocycles. The molecule has 0 aliphatic carbocycles. The van der Waals surface area contributed by atoms with Crippen LogP contribution in [0.4, 0.5) is 13.2 Å². The number of carbonyl (C=O) groups is 2. The van der Waals surface area contributed by atoms with Crippen LogP contribution >= 0.6 is 0 Å². The number of nitrogens with two attached hydrogens (primary N) is 2. The van der Waals surface area contributed by atoms with Gasteiger partial charge in [-0.15, -0.1) is 0 Å². The molecule has 1 aromatic carbocycles. The predicted molar refractivity (Wildman–Crippen MR) is 111 cm³/mol. The van der Waals surface area contributed by atoms with E-state index in [2.05, 4.69) is 0 Å². The molecule has 0 aromatic heterocycles. The summed E-state index contributed by atoms with van der Waals surface area (Å²) in [5.74, 6) is -1.99. The van der Waals surface area contributed by atoms with Gasteiger partial charge in [0.2, 0.25) is 5.91 Å². The number of alkyl halides is 3. The van der Waals surface area contributed by atoms with E-state index in [1.54, 1.807) is 0 Å². The number of nitrogens with one attached hydrogen (secondary N) is 2. The Morgan fingerprint density at radius 3 is 2.48 bits per heavy atom. The second-order valence-electron chi connectivity index (χ2n) is 7.44. The quantitative estimate of drug-likeness (QED) is 0.285. The molecule has 8 nitrogen and oxygen atoms in total. The van der Waals surface area contributed by atoms with E-state index in [1.807, 2.05) is 5.32 Å². The molecule has 1 heterocycles. The Labute approximate surface area is 181 Å². The van der Waals surface area contributed by atoms with Crippen LogP contribution in [0.2, 0.25) is 0 Å². The van der Waals surface area contributed by atoms with Gasteiger partial charge >= 0.3 is 6.18 Å². The van der Waals surface area contributed by atoms with Crippen LogP contribution in [0.15, 0.2) is 18.2 Å². The zero-order valence-electron chi connectivity index (χ0n) is 17.0. The third kappa shape index (κ3) is 6.84. The van der Waals surface area contributed by atoms with Gasteiger partial charge in [0.05, 0.1) is 17.9 Å². The van der Waals surface area contributed by atoms with Crippen LogP contribution in [-0.4, -0.2) is 58.4 Å². The molecule has 0 saturated carbocycles. The first kappa shape index (κ1) is 25.0. The number of carbonyl (C=O) groups excluding carboxylic acids is 2. The number of hydrogen-bond donors (Lipinski definition) is 4. The number of amides is 2. The first-order chi connectivity index (χ1) is 14.4. The van der Waals surface area contributed by atoms with Crippen LogP contribution in [-0.2, 0) is 22.1 Å². The summed E-state index contributed by atoms with van der Waals surface area (Å²) in [6.45, 7) is 0.520. The molecule has 2 rings (SSSR count). The number of piperidine rings is 1. The highest BCUT2D eigenvalue weighted by Crippen LogP contribution is 2.39. The van der Waals surface area contributed by atoms with Crippen molar-refractivity contribution in [2.45, 2.75) is 37.4 Å². The zero-order valence-corrected chi connectivity index (χ0v) is 17.8. The number of hydrogen-bond acceptors (Lipinski definition) is 5. The van der Waals surface area contributed by atoms with Gasteiger partial charge in [-0.25, -0.2) is 0 Å². The van der Waals surface area contributed by atoms with Gasteiger partial charge in [0.1, 0.15) is 5.75 Å². The van der Waals surface area contributed by atoms with E-state index in [4.69, 9.17) is 16.9 Å². The number of likely N-dealkylation sites (tertiary alicyclic amines) is 1. The Morgan fingerprint density at radius 2 is 1.97 bits per heavy atom. The van der Waals surface area contributed by atoms with E-state index in [0.717, 1.165) is 6.07 Å². The number of guanidine groups is 1. The molecule has 1 aromatic rings. The standard InChI is InChI=1S/C19H26F3N5O3S/c1-31(30)9-6-15(23)17(29)27-7-4-11(5-8-27)13-3-2-12(16(28)26-18(24)25)10-14(13)19(20,21)22/h2-3,10-11,15H,4-9,23H2,1H3,(H4,24,25,26,28). The van der Waals surface area contributed by atoms with Crippen molar-refractivity contribution >= 4 is 28.9 Å². The molecule has 2 atom stereocenters. The lowest BCUT2D eigenvalue weighted by Gasteiger charge is -2.34. The third-order valence-electron chi connectivity index (χ3n) is 5.15. The fourth-order valence-corrected chi connectivity index (χ4v) is 4.14. The molecule has 2 unspecified atom stereocenters. The van der Waals surface area contributed by atoms with Crippen LogP contribution in [0.25, 0.3) is 0 Å². The molecule has 0 spiro atoms. The molecule has 172 valence electrons. The number of nitrogens with zero attached hydrogens (tertiary/aromatic N) is 1. The molecule has 31 heavy (non-hydrogen) atoms. The minimum absolute atomic E-state index is 0.0599. The summed E-state index contributed by atoms with van der Waals surface area (Å²) >= 11 is -1.06. The Hall–Kier alpha value is -2.31. The van der Waals surface area contributed by atoms with Crippen molar-refractivity contribution in [1.82, 2.24) is 10.2 Å². The smallest absolute Gasteiger partial charge is 0.416 e. The van der Waals surface area contributed by atoms with Crippen molar-refractivity contribution in [3.63, 3.8) is 0 Å². The van der Waals surface area contributed by atoms with Crippen molar-refractivity contribution in [3.8, 4) is 0 Å². The molecule has 0 bridgehead atoms. The minimum atomic E-state index is -4.67. The number of rotatable bonds is 6. The highest BCUT2D eigenvalue weighted by Gasteiger charge is 2.37. The lowest BCUT2D eigenvalue weighted by Crippen LogP contribution is -2.47. The largest absolute Gasteiger partial charge is 0.617 e. The molecule has 0 radical (unpaired) electrons. The molecule has 6 N–H and O–H groups in total. The molecular weight excluding hydrogens is 435 g/mol. The summed E-state index contributed by atoms with van der Waals surface area (Å²) < 4.78 is 52.2. The Kier molecular flexibility index (Phi) is 8.32. The van der Waals surface area contributed by atoms with Crippen LogP contribution in [0.3, 0.4) is 0 Å². The molecule has 1 aliphatic rings. The number of halogens is 3. The maximum absolute atomic E-state index is 13.7. The zero-order chi connectivity index (χ0) is 23.3. The Bertz CT molecular complexity index is 826. The maximum atomic E-state index is 13.7. The van der Waals surface area contributed by atoms with E-state index in [-0.39, 0.29) is 36.5 Å². The van der Waals surface area contributed by atoms with Crippen LogP contribution < -0.4 is 16.8 Å². The van der Waals surface area contributed by atoms with Crippen molar-refractivity contribution < 1.29 is 27.3 Å². The average Bonchev–Trinajstić information content (AvgIpc) is 2.70. The summed E-state index contributed by atoms with van der Waals surface area (Å²) in [7, 11) is 0. The molecule has 1 aliphatic heterocycles. The van der Waals surface area contributed by atoms with Gasteiger partial charge in [0.25, 0.3) is 5.91 Å². The van der Waals surface area contributed by atoms with Gasteiger partial charge in [0.15, 0.2) is 5.96 Å². The van der Waals surface area contributed by atoms with Crippen LogP contribution in [0.5, 0.6) is 0 Å². The number of benzene rings is 1. The summed E-state index contributed by atoms with van der Waals surface area (Å²) in [5, 5.41) is 9.01. The van der Waals surface area contributed by atoms with E-state index in [9.17, 15) is 27.3 Å². The van der Waals surface area contributed by atoms with Crippen molar-refractivity contribution in [1.29, 1.82) is 5.41 Å². The van der Waals surface area contributed by atoms with E-state index in [0.29, 0.717) is 18.6 Å². The van der Waals surface area contributed by atoms with Gasteiger partial charge in [0, 0.05) is 25.1 Å². The highest BCUT2D eigenvalue weighted by atomic mass is 32.2. The molecular formula is C19H26F3N5O3S. The molecule has 1 fully saturated rings. The summed E-state index contributed by atoms with van der Waals surface area (Å²) in [6.07, 6.45) is -2.23. The third-order valence-corrected chi connectivity index (χ3v) is 5.96.